The smallest absolute Gasteiger partial charge is 0.191 e. The second kappa shape index (κ2) is 12.7. The number of nitrogens with one attached hydrogen (secondary N) is 2. The average Bonchev–Trinajstić information content (AvgIpc) is 3.21. The first kappa shape index (κ1) is 23.5. The molecule has 0 radical (unpaired) electrons. The molecule has 6 heteroatoms. The first-order chi connectivity index (χ1) is 13.8. The lowest BCUT2D eigenvalue weighted by molar-refractivity contribution is 0.121. The van der Waals surface area contributed by atoms with Crippen LogP contribution in [0.2, 0.25) is 0 Å². The highest BCUT2D eigenvalue weighted by atomic mass is 127. The molecule has 29 heavy (non-hydrogen) atoms. The normalized spacial score (nSPS) is 16.4. The van der Waals surface area contributed by atoms with Gasteiger partial charge >= 0.3 is 0 Å². The lowest BCUT2D eigenvalue weighted by Gasteiger charge is -2.20. The molecule has 2 N–H and O–H groups in total. The van der Waals surface area contributed by atoms with Crippen LogP contribution in [-0.4, -0.2) is 38.7 Å². The molecule has 1 unspecified atom stereocenters. The monoisotopic (exact) mass is 508 g/mol. The van der Waals surface area contributed by atoms with Gasteiger partial charge in [0, 0.05) is 45.0 Å². The Bertz CT molecular complexity index is 754. The number of ether oxygens (including phenoxy) is 1. The van der Waals surface area contributed by atoms with Gasteiger partial charge in [-0.15, -0.1) is 24.0 Å². The van der Waals surface area contributed by atoms with Crippen LogP contribution in [0, 0.1) is 0 Å². The van der Waals surface area contributed by atoms with Gasteiger partial charge in [-0.3, -0.25) is 4.99 Å². The van der Waals surface area contributed by atoms with Gasteiger partial charge in [0.2, 0.25) is 0 Å². The van der Waals surface area contributed by atoms with E-state index >= 15 is 0 Å². The minimum atomic E-state index is 0. The quantitative estimate of drug-likeness (QED) is 0.243. The van der Waals surface area contributed by atoms with Crippen molar-refractivity contribution in [3.8, 4) is 0 Å². The Kier molecular flexibility index (Phi) is 10.3. The third-order valence-corrected chi connectivity index (χ3v) is 5.04. The molecule has 2 aromatic rings. The van der Waals surface area contributed by atoms with Gasteiger partial charge in [0.05, 0.1) is 6.61 Å². The highest BCUT2D eigenvalue weighted by Gasteiger charge is 2.23. The Labute approximate surface area is 192 Å². The van der Waals surface area contributed by atoms with Gasteiger partial charge in [-0.25, -0.2) is 0 Å². The Hall–Kier alpha value is -1.80. The van der Waals surface area contributed by atoms with Gasteiger partial charge in [0.15, 0.2) is 5.96 Å². The SMILES string of the molecule is CCCOCc1ccccc1CNC(=NC)NC1CCN(c2ccccc2)C1.I. The van der Waals surface area contributed by atoms with E-state index in [2.05, 4.69) is 82.0 Å². The van der Waals surface area contributed by atoms with Crippen molar-refractivity contribution in [1.29, 1.82) is 0 Å². The Morgan fingerprint density at radius 2 is 1.83 bits per heavy atom. The van der Waals surface area contributed by atoms with Crippen LogP contribution in [0.5, 0.6) is 0 Å². The molecule has 1 aliphatic rings. The molecule has 1 fully saturated rings. The van der Waals surface area contributed by atoms with E-state index in [4.69, 9.17) is 4.74 Å². The van der Waals surface area contributed by atoms with Gasteiger partial charge in [0.1, 0.15) is 0 Å². The summed E-state index contributed by atoms with van der Waals surface area (Å²) in [6.07, 6.45) is 2.15. The highest BCUT2D eigenvalue weighted by molar-refractivity contribution is 14.0. The minimum absolute atomic E-state index is 0. The molecule has 0 amide bonds. The van der Waals surface area contributed by atoms with Gasteiger partial charge in [-0.05, 0) is 36.1 Å². The summed E-state index contributed by atoms with van der Waals surface area (Å²) in [5.74, 6) is 0.851. The second-order valence-corrected chi connectivity index (χ2v) is 7.16. The molecule has 0 saturated carbocycles. The number of guanidine groups is 1. The first-order valence-electron chi connectivity index (χ1n) is 10.2. The molecule has 1 atom stereocenters. The Morgan fingerprint density at radius 1 is 1.10 bits per heavy atom. The molecule has 0 spiro atoms. The van der Waals surface area contributed by atoms with Crippen molar-refractivity contribution >= 4 is 35.6 Å². The average molecular weight is 508 g/mol. The third kappa shape index (κ3) is 7.19. The number of aliphatic imine (C=N–C) groups is 1. The van der Waals surface area contributed by atoms with E-state index < -0.39 is 0 Å². The van der Waals surface area contributed by atoms with Crippen molar-refractivity contribution < 1.29 is 4.74 Å². The number of para-hydroxylation sites is 1. The summed E-state index contributed by atoms with van der Waals surface area (Å²) in [4.78, 5) is 6.84. The molecule has 158 valence electrons. The number of anilines is 1. The summed E-state index contributed by atoms with van der Waals surface area (Å²) in [5.41, 5.74) is 3.77. The number of benzene rings is 2. The summed E-state index contributed by atoms with van der Waals surface area (Å²) in [6, 6.07) is 19.4. The van der Waals surface area contributed by atoms with E-state index in [9.17, 15) is 0 Å². The van der Waals surface area contributed by atoms with E-state index in [1.807, 2.05) is 7.05 Å². The van der Waals surface area contributed by atoms with Crippen LogP contribution < -0.4 is 15.5 Å². The van der Waals surface area contributed by atoms with E-state index in [-0.39, 0.29) is 24.0 Å². The molecule has 1 heterocycles. The van der Waals surface area contributed by atoms with Crippen LogP contribution in [0.15, 0.2) is 59.6 Å². The van der Waals surface area contributed by atoms with Gasteiger partial charge in [0.25, 0.3) is 0 Å². The van der Waals surface area contributed by atoms with Crippen molar-refractivity contribution in [2.45, 2.75) is 39.0 Å². The second-order valence-electron chi connectivity index (χ2n) is 7.16. The lowest BCUT2D eigenvalue weighted by Crippen LogP contribution is -2.44. The number of hydrogen-bond donors (Lipinski definition) is 2. The molecule has 0 bridgehead atoms. The van der Waals surface area contributed by atoms with Crippen LogP contribution in [-0.2, 0) is 17.9 Å². The van der Waals surface area contributed by atoms with Crippen molar-refractivity contribution in [2.24, 2.45) is 4.99 Å². The maximum Gasteiger partial charge on any atom is 0.191 e. The number of nitrogens with zero attached hydrogens (tertiary/aromatic N) is 2. The van der Waals surface area contributed by atoms with E-state index in [1.165, 1.54) is 16.8 Å². The fourth-order valence-corrected chi connectivity index (χ4v) is 3.52. The molecule has 1 aliphatic heterocycles. The van der Waals surface area contributed by atoms with E-state index in [1.54, 1.807) is 0 Å². The number of halogens is 1. The minimum Gasteiger partial charge on any atom is -0.377 e. The number of hydrogen-bond acceptors (Lipinski definition) is 3. The maximum absolute atomic E-state index is 5.72. The molecule has 3 rings (SSSR count). The molecular weight excluding hydrogens is 475 g/mol. The largest absolute Gasteiger partial charge is 0.377 e. The van der Waals surface area contributed by atoms with Crippen LogP contribution in [0.25, 0.3) is 0 Å². The van der Waals surface area contributed by atoms with Crippen molar-refractivity contribution in [1.82, 2.24) is 10.6 Å². The predicted molar refractivity (Wildman–Crippen MR) is 132 cm³/mol. The fraction of sp³-hybridized carbons (Fsp3) is 0.435. The summed E-state index contributed by atoms with van der Waals surface area (Å²) >= 11 is 0. The predicted octanol–water partition coefficient (Wildman–Crippen LogP) is 4.18. The van der Waals surface area contributed by atoms with Crippen LogP contribution in [0.3, 0.4) is 0 Å². The molecule has 0 aliphatic carbocycles. The van der Waals surface area contributed by atoms with Crippen molar-refractivity contribution in [2.75, 3.05) is 31.6 Å². The highest BCUT2D eigenvalue weighted by Crippen LogP contribution is 2.19. The first-order valence-corrected chi connectivity index (χ1v) is 10.2. The third-order valence-electron chi connectivity index (χ3n) is 5.04. The van der Waals surface area contributed by atoms with Gasteiger partial charge < -0.3 is 20.3 Å². The van der Waals surface area contributed by atoms with Gasteiger partial charge in [-0.1, -0.05) is 49.4 Å². The van der Waals surface area contributed by atoms with Crippen molar-refractivity contribution in [3.63, 3.8) is 0 Å². The molecule has 2 aromatic carbocycles. The van der Waals surface area contributed by atoms with Crippen LogP contribution in [0.4, 0.5) is 5.69 Å². The Morgan fingerprint density at radius 3 is 2.55 bits per heavy atom. The topological polar surface area (TPSA) is 48.9 Å². The van der Waals surface area contributed by atoms with Gasteiger partial charge in [-0.2, -0.15) is 0 Å². The number of rotatable bonds is 8. The lowest BCUT2D eigenvalue weighted by atomic mass is 10.1. The maximum atomic E-state index is 5.72. The standard InChI is InChI=1S/C23H32N4O.HI/c1-3-15-28-18-20-10-8-7-9-19(20)16-25-23(24-2)26-21-13-14-27(17-21)22-11-5-4-6-12-22;/h4-12,21H,3,13-18H2,1-2H3,(H2,24,25,26);1H. The zero-order chi connectivity index (χ0) is 19.6. The molecular formula is C23H33IN4O. The van der Waals surface area contributed by atoms with E-state index in [0.29, 0.717) is 12.6 Å². The zero-order valence-electron chi connectivity index (χ0n) is 17.4. The fourth-order valence-electron chi connectivity index (χ4n) is 3.52. The summed E-state index contributed by atoms with van der Waals surface area (Å²) in [5, 5.41) is 7.04. The summed E-state index contributed by atoms with van der Waals surface area (Å²) in [6.45, 7) is 6.38. The molecule has 5 nitrogen and oxygen atoms in total. The van der Waals surface area contributed by atoms with Crippen molar-refractivity contribution in [3.05, 3.63) is 65.7 Å². The zero-order valence-corrected chi connectivity index (χ0v) is 19.8. The Balaban J connectivity index is 0.00000300. The molecule has 0 aromatic heterocycles. The molecule has 1 saturated heterocycles. The van der Waals surface area contributed by atoms with E-state index in [0.717, 1.165) is 45.0 Å². The summed E-state index contributed by atoms with van der Waals surface area (Å²) in [7, 11) is 1.83. The summed E-state index contributed by atoms with van der Waals surface area (Å²) < 4.78 is 5.72. The van der Waals surface area contributed by atoms with Crippen LogP contribution in [0.1, 0.15) is 30.9 Å². The van der Waals surface area contributed by atoms with Crippen LogP contribution >= 0.6 is 24.0 Å².